The minimum atomic E-state index is 0.0304. The van der Waals surface area contributed by atoms with Crippen molar-refractivity contribution in [1.29, 1.82) is 0 Å². The van der Waals surface area contributed by atoms with Crippen molar-refractivity contribution in [3.05, 3.63) is 50.8 Å². The molecule has 0 bridgehead atoms. The van der Waals surface area contributed by atoms with E-state index < -0.39 is 0 Å². The van der Waals surface area contributed by atoms with Gasteiger partial charge in [0.1, 0.15) is 11.3 Å². The summed E-state index contributed by atoms with van der Waals surface area (Å²) in [7, 11) is 1.86. The van der Waals surface area contributed by atoms with E-state index in [-0.39, 0.29) is 5.56 Å². The Morgan fingerprint density at radius 1 is 1.23 bits per heavy atom. The highest BCUT2D eigenvalue weighted by molar-refractivity contribution is 6.30. The smallest absolute Gasteiger partial charge is 0.253 e. The molecule has 112 valence electrons. The van der Waals surface area contributed by atoms with E-state index in [9.17, 15) is 4.79 Å². The number of hydrogen-bond acceptors (Lipinski definition) is 2. The number of nitrogens with one attached hydrogen (secondary N) is 1. The minimum absolute atomic E-state index is 0.0304. The van der Waals surface area contributed by atoms with Gasteiger partial charge in [-0.3, -0.25) is 9.48 Å². The molecule has 0 aliphatic heterocycles. The summed E-state index contributed by atoms with van der Waals surface area (Å²) in [4.78, 5) is 15.3. The van der Waals surface area contributed by atoms with Crippen molar-refractivity contribution in [3.63, 3.8) is 0 Å². The monoisotopic (exact) mass is 313 g/mol. The molecule has 1 aliphatic carbocycles. The van der Waals surface area contributed by atoms with Crippen molar-refractivity contribution in [2.45, 2.75) is 25.7 Å². The summed E-state index contributed by atoms with van der Waals surface area (Å²) in [6.45, 7) is 0. The first-order chi connectivity index (χ1) is 10.6. The number of hydrogen-bond donors (Lipinski definition) is 1. The van der Waals surface area contributed by atoms with Crippen LogP contribution >= 0.6 is 11.6 Å². The molecule has 5 heteroatoms. The number of rotatable bonds is 1. The quantitative estimate of drug-likeness (QED) is 0.748. The number of pyridine rings is 1. The zero-order valence-electron chi connectivity index (χ0n) is 12.3. The van der Waals surface area contributed by atoms with Crippen molar-refractivity contribution in [2.24, 2.45) is 7.05 Å². The van der Waals surface area contributed by atoms with Gasteiger partial charge in [-0.1, -0.05) is 23.7 Å². The molecule has 2 heterocycles. The van der Waals surface area contributed by atoms with Gasteiger partial charge < -0.3 is 4.98 Å². The van der Waals surface area contributed by atoms with E-state index >= 15 is 0 Å². The molecule has 0 atom stereocenters. The van der Waals surface area contributed by atoms with Gasteiger partial charge in [-0.25, -0.2) is 0 Å². The van der Waals surface area contributed by atoms with Crippen molar-refractivity contribution in [1.82, 2.24) is 14.8 Å². The number of fused-ring (bicyclic) bond motifs is 3. The SMILES string of the molecule is Cn1nc(-c2cccc(Cl)c2)c2c3c(c(=O)[nH]c21)CCCC3. The Kier molecular flexibility index (Phi) is 3.08. The third-order valence-corrected chi connectivity index (χ3v) is 4.66. The standard InChI is InChI=1S/C17H16ClN3O/c1-21-16-14(12-7-2-3-8-13(12)17(22)19-16)15(20-21)10-5-4-6-11(18)9-10/h4-6,9H,2-3,7-8H2,1H3,(H,19,22). The zero-order valence-corrected chi connectivity index (χ0v) is 13.1. The van der Waals surface area contributed by atoms with Crippen molar-refractivity contribution in [3.8, 4) is 11.3 Å². The van der Waals surface area contributed by atoms with E-state index in [1.807, 2.05) is 31.3 Å². The highest BCUT2D eigenvalue weighted by atomic mass is 35.5. The van der Waals surface area contributed by atoms with Crippen LogP contribution in [0.5, 0.6) is 0 Å². The van der Waals surface area contributed by atoms with Crippen molar-refractivity contribution >= 4 is 22.6 Å². The predicted molar refractivity (Wildman–Crippen MR) is 88.4 cm³/mol. The molecule has 4 rings (SSSR count). The molecular weight excluding hydrogens is 298 g/mol. The second-order valence-corrected chi connectivity index (χ2v) is 6.26. The maximum atomic E-state index is 12.3. The minimum Gasteiger partial charge on any atom is -0.307 e. The van der Waals surface area contributed by atoms with Crippen LogP contribution in [-0.2, 0) is 19.9 Å². The predicted octanol–water partition coefficient (Wildman–Crippen LogP) is 3.46. The molecule has 0 amide bonds. The van der Waals surface area contributed by atoms with E-state index in [1.165, 1.54) is 0 Å². The van der Waals surface area contributed by atoms with Gasteiger partial charge in [0.15, 0.2) is 0 Å². The van der Waals surface area contributed by atoms with Crippen LogP contribution in [0, 0.1) is 0 Å². The maximum absolute atomic E-state index is 12.3. The van der Waals surface area contributed by atoms with E-state index in [0.29, 0.717) is 5.02 Å². The lowest BCUT2D eigenvalue weighted by atomic mass is 9.89. The molecule has 2 aromatic heterocycles. The molecule has 0 unspecified atom stereocenters. The molecule has 1 aliphatic rings. The molecule has 4 nitrogen and oxygen atoms in total. The van der Waals surface area contributed by atoms with E-state index in [4.69, 9.17) is 11.6 Å². The summed E-state index contributed by atoms with van der Waals surface area (Å²) in [5.74, 6) is 0. The molecule has 22 heavy (non-hydrogen) atoms. The summed E-state index contributed by atoms with van der Waals surface area (Å²) in [6, 6.07) is 7.71. The van der Waals surface area contributed by atoms with Crippen LogP contribution in [0.4, 0.5) is 0 Å². The maximum Gasteiger partial charge on any atom is 0.253 e. The third-order valence-electron chi connectivity index (χ3n) is 4.42. The lowest BCUT2D eigenvalue weighted by Gasteiger charge is -2.16. The van der Waals surface area contributed by atoms with Crippen LogP contribution in [0.1, 0.15) is 24.0 Å². The molecule has 0 spiro atoms. The molecule has 1 aromatic carbocycles. The van der Waals surface area contributed by atoms with Gasteiger partial charge in [-0.05, 0) is 43.4 Å². The molecule has 0 radical (unpaired) electrons. The molecule has 0 fully saturated rings. The lowest BCUT2D eigenvalue weighted by Crippen LogP contribution is -2.19. The number of aromatic amines is 1. The summed E-state index contributed by atoms with van der Waals surface area (Å²) >= 11 is 6.13. The largest absolute Gasteiger partial charge is 0.307 e. The Balaban J connectivity index is 2.10. The highest BCUT2D eigenvalue weighted by Gasteiger charge is 2.22. The summed E-state index contributed by atoms with van der Waals surface area (Å²) in [6.07, 6.45) is 3.99. The summed E-state index contributed by atoms with van der Waals surface area (Å²) in [5, 5.41) is 6.40. The second kappa shape index (κ2) is 4.99. The van der Waals surface area contributed by atoms with E-state index in [2.05, 4.69) is 10.1 Å². The Hall–Kier alpha value is -2.07. The fourth-order valence-electron chi connectivity index (χ4n) is 3.41. The van der Waals surface area contributed by atoms with E-state index in [0.717, 1.165) is 59.1 Å². The average molecular weight is 314 g/mol. The Morgan fingerprint density at radius 2 is 2.00 bits per heavy atom. The van der Waals surface area contributed by atoms with Gasteiger partial charge in [0, 0.05) is 28.6 Å². The molecule has 0 saturated heterocycles. The molecule has 1 N–H and O–H groups in total. The van der Waals surface area contributed by atoms with Gasteiger partial charge >= 0.3 is 0 Å². The summed E-state index contributed by atoms with van der Waals surface area (Å²) < 4.78 is 1.75. The van der Waals surface area contributed by atoms with Crippen LogP contribution < -0.4 is 5.56 Å². The Bertz CT molecular complexity index is 939. The van der Waals surface area contributed by atoms with Gasteiger partial charge in [-0.15, -0.1) is 0 Å². The Morgan fingerprint density at radius 3 is 2.77 bits per heavy atom. The number of aryl methyl sites for hydroxylation is 2. The van der Waals surface area contributed by atoms with Gasteiger partial charge in [0.25, 0.3) is 5.56 Å². The van der Waals surface area contributed by atoms with Gasteiger partial charge in [-0.2, -0.15) is 5.10 Å². The van der Waals surface area contributed by atoms with Crippen LogP contribution in [0.25, 0.3) is 22.3 Å². The third kappa shape index (κ3) is 1.98. The number of H-pyrrole nitrogens is 1. The first-order valence-corrected chi connectivity index (χ1v) is 7.89. The zero-order chi connectivity index (χ0) is 15.3. The van der Waals surface area contributed by atoms with Gasteiger partial charge in [0.2, 0.25) is 0 Å². The summed E-state index contributed by atoms with van der Waals surface area (Å²) in [5.41, 5.74) is 4.79. The second-order valence-electron chi connectivity index (χ2n) is 5.82. The number of halogens is 1. The van der Waals surface area contributed by atoms with Crippen LogP contribution in [0.2, 0.25) is 5.02 Å². The van der Waals surface area contributed by atoms with Crippen LogP contribution in [-0.4, -0.2) is 14.8 Å². The van der Waals surface area contributed by atoms with E-state index in [1.54, 1.807) is 4.68 Å². The fraction of sp³-hybridized carbons (Fsp3) is 0.294. The fourth-order valence-corrected chi connectivity index (χ4v) is 3.60. The number of benzene rings is 1. The van der Waals surface area contributed by atoms with Crippen LogP contribution in [0.15, 0.2) is 29.1 Å². The first kappa shape index (κ1) is 13.6. The van der Waals surface area contributed by atoms with Crippen molar-refractivity contribution < 1.29 is 0 Å². The highest BCUT2D eigenvalue weighted by Crippen LogP contribution is 2.33. The average Bonchev–Trinajstić information content (AvgIpc) is 2.85. The topological polar surface area (TPSA) is 50.7 Å². The van der Waals surface area contributed by atoms with Crippen molar-refractivity contribution in [2.75, 3.05) is 0 Å². The van der Waals surface area contributed by atoms with Crippen LogP contribution in [0.3, 0.4) is 0 Å². The molecular formula is C17H16ClN3O. The lowest BCUT2D eigenvalue weighted by molar-refractivity contribution is 0.681. The first-order valence-electron chi connectivity index (χ1n) is 7.52. The normalized spacial score (nSPS) is 14.3. The van der Waals surface area contributed by atoms with Gasteiger partial charge in [0.05, 0.1) is 0 Å². The molecule has 3 aromatic rings. The molecule has 0 saturated carbocycles. The number of nitrogens with zero attached hydrogens (tertiary/aromatic N) is 2. The Labute approximate surface area is 132 Å². The number of aromatic nitrogens is 3.